The van der Waals surface area contributed by atoms with Gasteiger partial charge in [0.15, 0.2) is 0 Å². The van der Waals surface area contributed by atoms with Crippen LogP contribution in [-0.2, 0) is 19.6 Å². The summed E-state index contributed by atoms with van der Waals surface area (Å²) in [5.74, 6) is -1.21. The van der Waals surface area contributed by atoms with Crippen LogP contribution in [0.3, 0.4) is 0 Å². The Kier molecular flexibility index (Phi) is 5.35. The third-order valence-corrected chi connectivity index (χ3v) is 5.38. The van der Waals surface area contributed by atoms with Gasteiger partial charge in [0.05, 0.1) is 17.7 Å². The van der Waals surface area contributed by atoms with Gasteiger partial charge in [0, 0.05) is 10.7 Å². The number of carbonyl (C=O) groups excluding carboxylic acids is 2. The Labute approximate surface area is 170 Å². The van der Waals surface area contributed by atoms with Gasteiger partial charge in [-0.1, -0.05) is 23.2 Å². The van der Waals surface area contributed by atoms with E-state index >= 15 is 0 Å². The summed E-state index contributed by atoms with van der Waals surface area (Å²) in [4.78, 5) is 26.1. The van der Waals surface area contributed by atoms with Crippen molar-refractivity contribution in [1.82, 2.24) is 0 Å². The molecule has 146 valence electrons. The highest BCUT2D eigenvalue weighted by atomic mass is 35.5. The molecule has 0 aromatic heterocycles. The Morgan fingerprint density at radius 2 is 1.68 bits per heavy atom. The second-order valence-corrected chi connectivity index (χ2v) is 8.02. The molecule has 3 N–H and O–H groups in total. The number of benzene rings is 2. The van der Waals surface area contributed by atoms with E-state index in [0.717, 1.165) is 4.90 Å². The van der Waals surface area contributed by atoms with Crippen LogP contribution >= 0.6 is 23.2 Å². The predicted molar refractivity (Wildman–Crippen MR) is 105 cm³/mol. The SMILES string of the molecule is COc1ccc(Cl)cc1N1C(=O)C(Cl)=C(Nc2ccc(S(N)(=O)=O)cc2)C1=O. The smallest absolute Gasteiger partial charge is 0.283 e. The van der Waals surface area contributed by atoms with Gasteiger partial charge in [-0.2, -0.15) is 0 Å². The molecule has 1 aliphatic rings. The molecule has 2 amide bonds. The zero-order chi connectivity index (χ0) is 20.6. The molecule has 0 aliphatic carbocycles. The molecule has 0 radical (unpaired) electrons. The molecule has 0 bridgehead atoms. The van der Waals surface area contributed by atoms with Crippen LogP contribution in [0.5, 0.6) is 5.75 Å². The molecular formula is C17H13Cl2N3O5S. The van der Waals surface area contributed by atoms with Crippen molar-refractivity contribution in [2.75, 3.05) is 17.3 Å². The van der Waals surface area contributed by atoms with E-state index in [-0.39, 0.29) is 27.1 Å². The quantitative estimate of drug-likeness (QED) is 0.687. The highest BCUT2D eigenvalue weighted by Gasteiger charge is 2.40. The van der Waals surface area contributed by atoms with Crippen LogP contribution in [0.25, 0.3) is 0 Å². The first-order chi connectivity index (χ1) is 13.1. The fourth-order valence-corrected chi connectivity index (χ4v) is 3.43. The van der Waals surface area contributed by atoms with Crippen molar-refractivity contribution < 1.29 is 22.7 Å². The van der Waals surface area contributed by atoms with E-state index < -0.39 is 21.8 Å². The van der Waals surface area contributed by atoms with E-state index in [2.05, 4.69) is 5.32 Å². The Morgan fingerprint density at radius 1 is 1.04 bits per heavy atom. The Balaban J connectivity index is 1.93. The van der Waals surface area contributed by atoms with Gasteiger partial charge in [-0.05, 0) is 42.5 Å². The Bertz CT molecular complexity index is 1110. The lowest BCUT2D eigenvalue weighted by molar-refractivity contribution is -0.120. The lowest BCUT2D eigenvalue weighted by atomic mass is 10.2. The maximum atomic E-state index is 12.8. The molecule has 0 unspecified atom stereocenters. The van der Waals surface area contributed by atoms with Gasteiger partial charge in [0.2, 0.25) is 10.0 Å². The van der Waals surface area contributed by atoms with E-state index in [0.29, 0.717) is 10.7 Å². The summed E-state index contributed by atoms with van der Waals surface area (Å²) in [5, 5.41) is 7.74. The average molecular weight is 442 g/mol. The number of nitrogens with one attached hydrogen (secondary N) is 1. The molecule has 28 heavy (non-hydrogen) atoms. The molecule has 11 heteroatoms. The summed E-state index contributed by atoms with van der Waals surface area (Å²) in [6.07, 6.45) is 0. The standard InChI is InChI=1S/C17H13Cl2N3O5S/c1-27-13-7-2-9(18)8-12(13)22-16(23)14(19)15(17(22)24)21-10-3-5-11(6-4-10)28(20,25)26/h2-8,21H,1H3,(H2,20,25,26). The number of carbonyl (C=O) groups is 2. The maximum Gasteiger partial charge on any atom is 0.283 e. The summed E-state index contributed by atoms with van der Waals surface area (Å²) in [6, 6.07) is 9.76. The van der Waals surface area contributed by atoms with Gasteiger partial charge in [0.25, 0.3) is 11.8 Å². The highest BCUT2D eigenvalue weighted by molar-refractivity contribution is 7.89. The van der Waals surface area contributed by atoms with E-state index in [9.17, 15) is 18.0 Å². The second kappa shape index (κ2) is 7.44. The number of sulfonamides is 1. The number of ether oxygens (including phenoxy) is 1. The maximum absolute atomic E-state index is 12.8. The zero-order valence-electron chi connectivity index (χ0n) is 14.3. The van der Waals surface area contributed by atoms with Crippen molar-refractivity contribution in [1.29, 1.82) is 0 Å². The van der Waals surface area contributed by atoms with Crippen LogP contribution in [0.1, 0.15) is 0 Å². The van der Waals surface area contributed by atoms with Crippen LogP contribution in [0.2, 0.25) is 5.02 Å². The molecule has 1 aliphatic heterocycles. The highest BCUT2D eigenvalue weighted by Crippen LogP contribution is 2.37. The van der Waals surface area contributed by atoms with Gasteiger partial charge in [-0.15, -0.1) is 0 Å². The van der Waals surface area contributed by atoms with Crippen molar-refractivity contribution >= 4 is 56.4 Å². The topological polar surface area (TPSA) is 119 Å². The number of imide groups is 1. The number of primary sulfonamides is 1. The van der Waals surface area contributed by atoms with Crippen LogP contribution in [0, 0.1) is 0 Å². The molecule has 0 saturated heterocycles. The monoisotopic (exact) mass is 441 g/mol. The molecule has 0 atom stereocenters. The fraction of sp³-hybridized carbons (Fsp3) is 0.0588. The van der Waals surface area contributed by atoms with Gasteiger partial charge in [0.1, 0.15) is 16.5 Å². The molecule has 1 heterocycles. The summed E-state index contributed by atoms with van der Waals surface area (Å²) in [7, 11) is -2.47. The number of nitrogens with two attached hydrogens (primary N) is 1. The van der Waals surface area contributed by atoms with Crippen molar-refractivity contribution in [3.8, 4) is 5.75 Å². The lowest BCUT2D eigenvalue weighted by Crippen LogP contribution is -2.32. The molecule has 2 aromatic carbocycles. The van der Waals surface area contributed by atoms with E-state index in [1.807, 2.05) is 0 Å². The number of halogens is 2. The van der Waals surface area contributed by atoms with Crippen LogP contribution in [-0.4, -0.2) is 27.3 Å². The van der Waals surface area contributed by atoms with E-state index in [1.54, 1.807) is 6.07 Å². The zero-order valence-corrected chi connectivity index (χ0v) is 16.6. The summed E-state index contributed by atoms with van der Waals surface area (Å²) in [6.45, 7) is 0. The molecule has 0 fully saturated rings. The molecule has 3 rings (SSSR count). The first-order valence-corrected chi connectivity index (χ1v) is 9.95. The van der Waals surface area contributed by atoms with Crippen molar-refractivity contribution in [2.24, 2.45) is 5.14 Å². The van der Waals surface area contributed by atoms with Crippen LogP contribution in [0.4, 0.5) is 11.4 Å². The van der Waals surface area contributed by atoms with Crippen molar-refractivity contribution in [3.63, 3.8) is 0 Å². The summed E-state index contributed by atoms with van der Waals surface area (Å²) < 4.78 is 27.8. The van der Waals surface area contributed by atoms with E-state index in [4.69, 9.17) is 33.1 Å². The fourth-order valence-electron chi connectivity index (χ4n) is 2.54. The number of hydrogen-bond donors (Lipinski definition) is 2. The minimum atomic E-state index is -3.86. The van der Waals surface area contributed by atoms with Gasteiger partial charge >= 0.3 is 0 Å². The minimum Gasteiger partial charge on any atom is -0.495 e. The number of amides is 2. The molecular weight excluding hydrogens is 429 g/mol. The number of nitrogens with zero attached hydrogens (tertiary/aromatic N) is 1. The van der Waals surface area contributed by atoms with Crippen molar-refractivity contribution in [2.45, 2.75) is 4.90 Å². The van der Waals surface area contributed by atoms with Crippen LogP contribution in [0.15, 0.2) is 58.1 Å². The summed E-state index contributed by atoms with van der Waals surface area (Å²) >= 11 is 12.0. The third-order valence-electron chi connectivity index (χ3n) is 3.86. The number of anilines is 2. The Morgan fingerprint density at radius 3 is 2.25 bits per heavy atom. The Hall–Kier alpha value is -2.59. The molecule has 2 aromatic rings. The molecule has 0 spiro atoms. The van der Waals surface area contributed by atoms with Gasteiger partial charge in [-0.25, -0.2) is 18.5 Å². The largest absolute Gasteiger partial charge is 0.495 e. The number of rotatable bonds is 5. The number of methoxy groups -OCH3 is 1. The second-order valence-electron chi connectivity index (χ2n) is 5.65. The minimum absolute atomic E-state index is 0.0998. The first kappa shape index (κ1) is 20.2. The van der Waals surface area contributed by atoms with E-state index in [1.165, 1.54) is 43.5 Å². The first-order valence-electron chi connectivity index (χ1n) is 7.65. The lowest BCUT2D eigenvalue weighted by Gasteiger charge is -2.18. The van der Waals surface area contributed by atoms with Gasteiger partial charge < -0.3 is 10.1 Å². The van der Waals surface area contributed by atoms with Crippen LogP contribution < -0.4 is 20.1 Å². The molecule has 8 nitrogen and oxygen atoms in total. The van der Waals surface area contributed by atoms with Crippen molar-refractivity contribution in [3.05, 3.63) is 58.2 Å². The summed E-state index contributed by atoms with van der Waals surface area (Å²) in [5.41, 5.74) is 0.309. The number of hydrogen-bond acceptors (Lipinski definition) is 6. The normalized spacial score (nSPS) is 14.6. The molecule has 0 saturated carbocycles. The third kappa shape index (κ3) is 3.69. The average Bonchev–Trinajstić information content (AvgIpc) is 2.85. The van der Waals surface area contributed by atoms with Gasteiger partial charge in [-0.3, -0.25) is 9.59 Å². The predicted octanol–water partition coefficient (Wildman–Crippen LogP) is 2.43.